The Balaban J connectivity index is 2.63. The molecule has 8 nitrogen and oxygen atoms in total. The first-order valence-electron chi connectivity index (χ1n) is 7.61. The molecule has 0 spiro atoms. The summed E-state index contributed by atoms with van der Waals surface area (Å²) >= 11 is 6.21. The molecule has 26 heavy (non-hydrogen) atoms. The normalized spacial score (nSPS) is 11.2. The highest BCUT2D eigenvalue weighted by Crippen LogP contribution is 2.37. The number of aromatic carboxylic acids is 2. The van der Waals surface area contributed by atoms with Crippen LogP contribution in [0.4, 0.5) is 5.69 Å². The lowest BCUT2D eigenvalue weighted by Crippen LogP contribution is -2.11. The summed E-state index contributed by atoms with van der Waals surface area (Å²) in [6, 6.07) is 1.99. The number of pyridine rings is 1. The van der Waals surface area contributed by atoms with Gasteiger partial charge in [0.05, 0.1) is 21.6 Å². The largest absolute Gasteiger partial charge is 0.477 e. The minimum absolute atomic E-state index is 0.00211. The molecule has 0 aliphatic heterocycles. The van der Waals surface area contributed by atoms with Crippen LogP contribution in [0.1, 0.15) is 40.0 Å². The monoisotopic (exact) mass is 376 g/mol. The van der Waals surface area contributed by atoms with E-state index in [0.717, 1.165) is 12.1 Å². The number of carboxylic acid groups (broad SMARTS) is 2. The molecule has 0 radical (unpaired) electrons. The van der Waals surface area contributed by atoms with E-state index in [2.05, 4.69) is 4.98 Å². The van der Waals surface area contributed by atoms with E-state index >= 15 is 0 Å². The molecule has 4 N–H and O–H groups in total. The molecule has 1 aromatic carbocycles. The fourth-order valence-corrected chi connectivity index (χ4v) is 3.17. The SMILES string of the molecule is CCCc1c2nc(C(=O)O)cc(Cl)c2c(N)c2c(=O)cc(C(=O)O)oc12. The highest BCUT2D eigenvalue weighted by Gasteiger charge is 2.23. The van der Waals surface area contributed by atoms with Gasteiger partial charge in [0.2, 0.25) is 5.76 Å². The lowest BCUT2D eigenvalue weighted by molar-refractivity contribution is 0.0660. The van der Waals surface area contributed by atoms with Crippen molar-refractivity contribution in [3.63, 3.8) is 0 Å². The van der Waals surface area contributed by atoms with Gasteiger partial charge in [-0.3, -0.25) is 4.79 Å². The third-order valence-corrected chi connectivity index (χ3v) is 4.25. The first kappa shape index (κ1) is 17.7. The van der Waals surface area contributed by atoms with Crippen molar-refractivity contribution in [1.82, 2.24) is 4.98 Å². The molecule has 2 aromatic heterocycles. The molecule has 134 valence electrons. The van der Waals surface area contributed by atoms with Crippen LogP contribution in [0.5, 0.6) is 0 Å². The number of hydrogen-bond donors (Lipinski definition) is 3. The van der Waals surface area contributed by atoms with E-state index in [1.807, 2.05) is 6.92 Å². The van der Waals surface area contributed by atoms with E-state index in [4.69, 9.17) is 26.9 Å². The third-order valence-electron chi connectivity index (χ3n) is 3.95. The van der Waals surface area contributed by atoms with Crippen LogP contribution in [0.3, 0.4) is 0 Å². The van der Waals surface area contributed by atoms with Crippen molar-refractivity contribution >= 4 is 51.1 Å². The first-order valence-corrected chi connectivity index (χ1v) is 7.99. The van der Waals surface area contributed by atoms with Gasteiger partial charge in [0, 0.05) is 17.0 Å². The number of fused-ring (bicyclic) bond motifs is 2. The van der Waals surface area contributed by atoms with Crippen molar-refractivity contribution in [3.8, 4) is 0 Å². The summed E-state index contributed by atoms with van der Waals surface area (Å²) in [5, 5.41) is 18.7. The Kier molecular flexibility index (Phi) is 4.29. The Morgan fingerprint density at radius 3 is 2.50 bits per heavy atom. The highest BCUT2D eigenvalue weighted by molar-refractivity contribution is 6.37. The molecule has 2 heterocycles. The molecule has 9 heteroatoms. The molecule has 0 aliphatic carbocycles. The standard InChI is InChI=1S/C17H13ClN2O6/c1-2-3-6-14-11(7(18)4-8(20-14)16(22)23)13(19)12-9(21)5-10(17(24)25)26-15(6)12/h4-5H,2-3,19H2,1H3,(H,22,23)(H,24,25). The lowest BCUT2D eigenvalue weighted by atomic mass is 9.99. The number of anilines is 1. The maximum Gasteiger partial charge on any atom is 0.371 e. The Hall–Kier alpha value is -3.13. The van der Waals surface area contributed by atoms with E-state index in [0.29, 0.717) is 18.4 Å². The summed E-state index contributed by atoms with van der Waals surface area (Å²) in [6.45, 7) is 1.86. The molecule has 0 saturated carbocycles. The van der Waals surface area contributed by atoms with Gasteiger partial charge < -0.3 is 20.4 Å². The molecule has 0 aliphatic rings. The van der Waals surface area contributed by atoms with Gasteiger partial charge in [-0.2, -0.15) is 0 Å². The summed E-state index contributed by atoms with van der Waals surface area (Å²) in [4.78, 5) is 39.1. The number of benzene rings is 1. The second-order valence-electron chi connectivity index (χ2n) is 5.64. The Morgan fingerprint density at radius 1 is 1.23 bits per heavy atom. The third kappa shape index (κ3) is 2.64. The fourth-order valence-electron chi connectivity index (χ4n) is 2.88. The highest BCUT2D eigenvalue weighted by atomic mass is 35.5. The van der Waals surface area contributed by atoms with Crippen LogP contribution < -0.4 is 11.2 Å². The molecule has 3 aromatic rings. The predicted molar refractivity (Wildman–Crippen MR) is 95.1 cm³/mol. The number of halogens is 1. The van der Waals surface area contributed by atoms with E-state index < -0.39 is 23.1 Å². The zero-order chi connectivity index (χ0) is 19.2. The van der Waals surface area contributed by atoms with Crippen LogP contribution in [0, 0.1) is 0 Å². The topological polar surface area (TPSA) is 144 Å². The Bertz CT molecular complexity index is 1150. The van der Waals surface area contributed by atoms with Gasteiger partial charge >= 0.3 is 11.9 Å². The molecule has 3 rings (SSSR count). The van der Waals surface area contributed by atoms with Crippen molar-refractivity contribution < 1.29 is 24.2 Å². The van der Waals surface area contributed by atoms with Gasteiger partial charge in [-0.15, -0.1) is 0 Å². The lowest BCUT2D eigenvalue weighted by Gasteiger charge is -2.14. The molecule has 0 fully saturated rings. The predicted octanol–water partition coefficient (Wildman–Crippen LogP) is 2.93. The van der Waals surface area contributed by atoms with Crippen molar-refractivity contribution in [1.29, 1.82) is 0 Å². The van der Waals surface area contributed by atoms with Gasteiger partial charge in [-0.1, -0.05) is 24.9 Å². The van der Waals surface area contributed by atoms with Crippen LogP contribution >= 0.6 is 11.6 Å². The average Bonchev–Trinajstić information content (AvgIpc) is 2.57. The minimum Gasteiger partial charge on any atom is -0.477 e. The minimum atomic E-state index is -1.41. The zero-order valence-corrected chi connectivity index (χ0v) is 14.3. The molecular formula is C17H13ClN2O6. The maximum atomic E-state index is 12.5. The fraction of sp³-hybridized carbons (Fsp3) is 0.176. The number of nitrogens with zero attached hydrogens (tertiary/aromatic N) is 1. The van der Waals surface area contributed by atoms with Crippen molar-refractivity contribution in [2.75, 3.05) is 5.73 Å². The summed E-state index contributed by atoms with van der Waals surface area (Å²) < 4.78 is 5.41. The number of carbonyl (C=O) groups is 2. The number of rotatable bonds is 4. The molecular weight excluding hydrogens is 364 g/mol. The van der Waals surface area contributed by atoms with E-state index in [1.54, 1.807) is 0 Å². The van der Waals surface area contributed by atoms with Gasteiger partial charge in [-0.25, -0.2) is 14.6 Å². The molecule has 0 atom stereocenters. The summed E-state index contributed by atoms with van der Waals surface area (Å²) in [5.74, 6) is -3.23. The maximum absolute atomic E-state index is 12.5. The van der Waals surface area contributed by atoms with Crippen LogP contribution in [0.25, 0.3) is 21.9 Å². The Morgan fingerprint density at radius 2 is 1.92 bits per heavy atom. The Labute approximate surface area is 150 Å². The first-order chi connectivity index (χ1) is 12.3. The number of nitrogen functional groups attached to an aromatic ring is 1. The van der Waals surface area contributed by atoms with Gasteiger partial charge in [0.25, 0.3) is 0 Å². The van der Waals surface area contributed by atoms with E-state index in [1.165, 1.54) is 0 Å². The molecule has 0 saturated heterocycles. The number of nitrogens with two attached hydrogens (primary N) is 1. The quantitative estimate of drug-likeness (QED) is 0.465. The van der Waals surface area contributed by atoms with Gasteiger partial charge in [-0.05, 0) is 12.5 Å². The van der Waals surface area contributed by atoms with Gasteiger partial charge in [0.1, 0.15) is 11.3 Å². The molecule has 0 bridgehead atoms. The van der Waals surface area contributed by atoms with Crippen LogP contribution in [0.2, 0.25) is 5.02 Å². The van der Waals surface area contributed by atoms with Gasteiger partial charge in [0.15, 0.2) is 5.43 Å². The average molecular weight is 377 g/mol. The smallest absolute Gasteiger partial charge is 0.371 e. The summed E-state index contributed by atoms with van der Waals surface area (Å²) in [6.07, 6.45) is 0.956. The zero-order valence-electron chi connectivity index (χ0n) is 13.5. The van der Waals surface area contributed by atoms with E-state index in [-0.39, 0.29) is 38.3 Å². The van der Waals surface area contributed by atoms with Crippen LogP contribution in [0.15, 0.2) is 21.3 Å². The van der Waals surface area contributed by atoms with Crippen LogP contribution in [-0.4, -0.2) is 27.1 Å². The second-order valence-corrected chi connectivity index (χ2v) is 6.05. The van der Waals surface area contributed by atoms with Crippen molar-refractivity contribution in [2.24, 2.45) is 0 Å². The van der Waals surface area contributed by atoms with Crippen LogP contribution in [-0.2, 0) is 6.42 Å². The van der Waals surface area contributed by atoms with E-state index in [9.17, 15) is 19.5 Å². The summed E-state index contributed by atoms with van der Waals surface area (Å²) in [5.41, 5.74) is 5.68. The molecule has 0 amide bonds. The number of aromatic nitrogens is 1. The number of aryl methyl sites for hydroxylation is 1. The number of carboxylic acids is 2. The summed E-state index contributed by atoms with van der Waals surface area (Å²) in [7, 11) is 0. The molecule has 0 unspecified atom stereocenters. The second kappa shape index (κ2) is 6.30. The van der Waals surface area contributed by atoms with Crippen molar-refractivity contribution in [3.05, 3.63) is 44.4 Å². The number of hydrogen-bond acceptors (Lipinski definition) is 6. The van der Waals surface area contributed by atoms with Crippen molar-refractivity contribution in [2.45, 2.75) is 19.8 Å².